The Kier molecular flexibility index (Phi) is 3.81. The standard InChI is InChI=1S/C11H14BrNOS/c12-10-7-3-4-8-11(10)13-15(14)9-5-1-2-6-9/h3-4,7-9,13H,1-2,5-6H2. The topological polar surface area (TPSA) is 29.1 Å². The second-order valence-electron chi connectivity index (χ2n) is 3.79. The van der Waals surface area contributed by atoms with Gasteiger partial charge in [-0.3, -0.25) is 0 Å². The van der Waals surface area contributed by atoms with E-state index in [0.29, 0.717) is 5.25 Å². The molecule has 2 nitrogen and oxygen atoms in total. The quantitative estimate of drug-likeness (QED) is 0.906. The number of anilines is 1. The van der Waals surface area contributed by atoms with Gasteiger partial charge in [0.05, 0.1) is 10.9 Å². The number of hydrogen-bond donors (Lipinski definition) is 1. The van der Waals surface area contributed by atoms with Crippen LogP contribution in [0.25, 0.3) is 0 Å². The van der Waals surface area contributed by atoms with E-state index < -0.39 is 11.0 Å². The number of halogens is 1. The van der Waals surface area contributed by atoms with Crippen molar-refractivity contribution in [2.45, 2.75) is 30.9 Å². The molecule has 0 amide bonds. The summed E-state index contributed by atoms with van der Waals surface area (Å²) in [5.74, 6) is 0. The molecule has 2 rings (SSSR count). The fraction of sp³-hybridized carbons (Fsp3) is 0.455. The molecule has 15 heavy (non-hydrogen) atoms. The highest BCUT2D eigenvalue weighted by Gasteiger charge is 2.21. The van der Waals surface area contributed by atoms with Crippen molar-refractivity contribution in [3.63, 3.8) is 0 Å². The molecule has 0 aliphatic heterocycles. The number of hydrogen-bond acceptors (Lipinski definition) is 1. The lowest BCUT2D eigenvalue weighted by Gasteiger charge is -2.12. The van der Waals surface area contributed by atoms with Gasteiger partial charge in [-0.15, -0.1) is 0 Å². The van der Waals surface area contributed by atoms with Gasteiger partial charge in [0.25, 0.3) is 0 Å². The van der Waals surface area contributed by atoms with Crippen LogP contribution in [0, 0.1) is 0 Å². The van der Waals surface area contributed by atoms with Crippen molar-refractivity contribution in [2.24, 2.45) is 0 Å². The Balaban J connectivity index is 2.02. The Hall–Kier alpha value is -0.350. The maximum absolute atomic E-state index is 11.9. The van der Waals surface area contributed by atoms with Crippen molar-refractivity contribution < 1.29 is 4.21 Å². The molecular formula is C11H14BrNOS. The van der Waals surface area contributed by atoms with E-state index in [1.54, 1.807) is 0 Å². The molecule has 4 heteroatoms. The van der Waals surface area contributed by atoms with E-state index in [4.69, 9.17) is 0 Å². The molecule has 1 fully saturated rings. The van der Waals surface area contributed by atoms with Gasteiger partial charge in [0.1, 0.15) is 11.0 Å². The highest BCUT2D eigenvalue weighted by molar-refractivity contribution is 9.10. The third-order valence-corrected chi connectivity index (χ3v) is 4.88. The van der Waals surface area contributed by atoms with Crippen LogP contribution in [0.5, 0.6) is 0 Å². The van der Waals surface area contributed by atoms with Crippen LogP contribution in [0.3, 0.4) is 0 Å². The van der Waals surface area contributed by atoms with Gasteiger partial charge in [-0.2, -0.15) is 0 Å². The summed E-state index contributed by atoms with van der Waals surface area (Å²) in [4.78, 5) is 0. The second-order valence-corrected chi connectivity index (χ2v) is 6.11. The minimum Gasteiger partial charge on any atom is -0.304 e. The molecule has 0 spiro atoms. The zero-order valence-electron chi connectivity index (χ0n) is 8.41. The van der Waals surface area contributed by atoms with Crippen molar-refractivity contribution in [3.8, 4) is 0 Å². The van der Waals surface area contributed by atoms with E-state index in [9.17, 15) is 4.21 Å². The van der Waals surface area contributed by atoms with Crippen molar-refractivity contribution in [1.29, 1.82) is 0 Å². The molecule has 1 aromatic rings. The fourth-order valence-corrected chi connectivity index (χ4v) is 3.68. The van der Waals surface area contributed by atoms with Crippen molar-refractivity contribution in [2.75, 3.05) is 4.72 Å². The van der Waals surface area contributed by atoms with E-state index in [1.807, 2.05) is 24.3 Å². The number of nitrogens with one attached hydrogen (secondary N) is 1. The third kappa shape index (κ3) is 2.82. The lowest BCUT2D eigenvalue weighted by atomic mass is 10.3. The second kappa shape index (κ2) is 5.12. The summed E-state index contributed by atoms with van der Waals surface area (Å²) in [6, 6.07) is 7.79. The lowest BCUT2D eigenvalue weighted by Crippen LogP contribution is -2.18. The van der Waals surface area contributed by atoms with Gasteiger partial charge in [-0.05, 0) is 40.9 Å². The third-order valence-electron chi connectivity index (χ3n) is 2.69. The van der Waals surface area contributed by atoms with Gasteiger partial charge in [-0.1, -0.05) is 25.0 Å². The largest absolute Gasteiger partial charge is 0.304 e. The number of para-hydroxylation sites is 1. The predicted octanol–water partition coefficient (Wildman–Crippen LogP) is 3.47. The molecule has 1 unspecified atom stereocenters. The Labute approximate surface area is 101 Å². The monoisotopic (exact) mass is 287 g/mol. The first kappa shape index (κ1) is 11.1. The molecule has 1 aromatic carbocycles. The van der Waals surface area contributed by atoms with Crippen LogP contribution in [0.4, 0.5) is 5.69 Å². The van der Waals surface area contributed by atoms with Crippen molar-refractivity contribution in [1.82, 2.24) is 0 Å². The molecule has 82 valence electrons. The van der Waals surface area contributed by atoms with Crippen LogP contribution in [0.15, 0.2) is 28.7 Å². The number of rotatable bonds is 3. The first-order chi connectivity index (χ1) is 7.27. The van der Waals surface area contributed by atoms with Gasteiger partial charge in [0, 0.05) is 4.47 Å². The van der Waals surface area contributed by atoms with E-state index >= 15 is 0 Å². The Morgan fingerprint density at radius 2 is 1.93 bits per heavy atom. The first-order valence-electron chi connectivity index (χ1n) is 5.19. The minimum absolute atomic E-state index is 0.331. The highest BCUT2D eigenvalue weighted by Crippen LogP contribution is 2.26. The van der Waals surface area contributed by atoms with E-state index in [2.05, 4.69) is 20.7 Å². The molecule has 1 N–H and O–H groups in total. The summed E-state index contributed by atoms with van der Waals surface area (Å²) in [6.45, 7) is 0. The summed E-state index contributed by atoms with van der Waals surface area (Å²) in [6.07, 6.45) is 4.61. The van der Waals surface area contributed by atoms with Crippen LogP contribution in [-0.4, -0.2) is 9.46 Å². The first-order valence-corrected chi connectivity index (χ1v) is 7.20. The van der Waals surface area contributed by atoms with Gasteiger partial charge in [-0.25, -0.2) is 4.21 Å². The Morgan fingerprint density at radius 3 is 2.60 bits per heavy atom. The zero-order valence-corrected chi connectivity index (χ0v) is 10.8. The summed E-state index contributed by atoms with van der Waals surface area (Å²) in [5, 5.41) is 0.331. The molecule has 1 aliphatic carbocycles. The van der Waals surface area contributed by atoms with Gasteiger partial charge < -0.3 is 4.72 Å². The van der Waals surface area contributed by atoms with Gasteiger partial charge in [0.15, 0.2) is 0 Å². The van der Waals surface area contributed by atoms with Crippen LogP contribution in [0.2, 0.25) is 0 Å². The van der Waals surface area contributed by atoms with Gasteiger partial charge in [0.2, 0.25) is 0 Å². The van der Waals surface area contributed by atoms with E-state index in [1.165, 1.54) is 12.8 Å². The maximum atomic E-state index is 11.9. The molecule has 0 aromatic heterocycles. The lowest BCUT2D eigenvalue weighted by molar-refractivity contribution is 0.673. The molecule has 0 radical (unpaired) electrons. The molecule has 0 heterocycles. The number of benzene rings is 1. The molecular weight excluding hydrogens is 274 g/mol. The molecule has 0 bridgehead atoms. The molecule has 1 aliphatic rings. The zero-order chi connectivity index (χ0) is 10.7. The van der Waals surface area contributed by atoms with Crippen LogP contribution in [-0.2, 0) is 11.0 Å². The van der Waals surface area contributed by atoms with Crippen molar-refractivity contribution in [3.05, 3.63) is 28.7 Å². The summed E-state index contributed by atoms with van der Waals surface area (Å²) in [5.41, 5.74) is 0.919. The molecule has 0 saturated heterocycles. The van der Waals surface area contributed by atoms with E-state index in [-0.39, 0.29) is 0 Å². The Bertz CT molecular complexity index is 363. The van der Waals surface area contributed by atoms with Crippen LogP contribution in [0.1, 0.15) is 25.7 Å². The SMILES string of the molecule is O=S(Nc1ccccc1Br)C1CCCC1. The van der Waals surface area contributed by atoms with Crippen LogP contribution >= 0.6 is 15.9 Å². The average Bonchev–Trinajstić information content (AvgIpc) is 2.74. The predicted molar refractivity (Wildman–Crippen MR) is 68.2 cm³/mol. The summed E-state index contributed by atoms with van der Waals surface area (Å²) < 4.78 is 16.0. The molecule has 1 saturated carbocycles. The fourth-order valence-electron chi connectivity index (χ4n) is 1.84. The van der Waals surface area contributed by atoms with Gasteiger partial charge >= 0.3 is 0 Å². The minimum atomic E-state index is -0.937. The van der Waals surface area contributed by atoms with Crippen molar-refractivity contribution >= 4 is 32.6 Å². The molecule has 1 atom stereocenters. The maximum Gasteiger partial charge on any atom is 0.120 e. The van der Waals surface area contributed by atoms with Crippen LogP contribution < -0.4 is 4.72 Å². The summed E-state index contributed by atoms with van der Waals surface area (Å²) >= 11 is 3.44. The summed E-state index contributed by atoms with van der Waals surface area (Å²) in [7, 11) is -0.937. The smallest absolute Gasteiger partial charge is 0.120 e. The Morgan fingerprint density at radius 1 is 1.27 bits per heavy atom. The van der Waals surface area contributed by atoms with E-state index in [0.717, 1.165) is 23.0 Å². The highest BCUT2D eigenvalue weighted by atomic mass is 79.9. The normalized spacial score (nSPS) is 19.0. The average molecular weight is 288 g/mol.